The summed E-state index contributed by atoms with van der Waals surface area (Å²) in [5.74, 6) is -1.27. The van der Waals surface area contributed by atoms with E-state index in [9.17, 15) is 22.0 Å². The number of aryl methyl sites for hydroxylation is 1. The lowest BCUT2D eigenvalue weighted by Crippen LogP contribution is -2.35. The van der Waals surface area contributed by atoms with Crippen LogP contribution in [-0.2, 0) is 10.0 Å². The lowest BCUT2D eigenvalue weighted by molar-refractivity contribution is -0.000446. The smallest absolute Gasteiger partial charge is 0.346 e. The fourth-order valence-electron chi connectivity index (χ4n) is 1.15. The number of thiophene rings is 1. The fraction of sp³-hybridized carbons (Fsp3) is 0.444. The molecule has 1 aromatic rings. The number of rotatable bonds is 6. The van der Waals surface area contributed by atoms with E-state index in [1.165, 1.54) is 6.92 Å². The van der Waals surface area contributed by atoms with Crippen molar-refractivity contribution in [1.29, 1.82) is 0 Å². The Hall–Kier alpha value is -1.10. The molecule has 19 heavy (non-hydrogen) atoms. The SMILES string of the molecule is Cc1cc(S(=O)(=O)NCC(O)C(F)F)sc1C(=O)O. The van der Waals surface area contributed by atoms with Crippen LogP contribution in [0.25, 0.3) is 0 Å². The highest BCUT2D eigenvalue weighted by atomic mass is 32.2. The molecule has 0 saturated heterocycles. The van der Waals surface area contributed by atoms with E-state index in [1.54, 1.807) is 4.72 Å². The molecule has 0 fully saturated rings. The van der Waals surface area contributed by atoms with Gasteiger partial charge in [-0.2, -0.15) is 0 Å². The molecule has 6 nitrogen and oxygen atoms in total. The molecule has 0 aliphatic heterocycles. The maximum absolute atomic E-state index is 12.0. The van der Waals surface area contributed by atoms with Gasteiger partial charge in [-0.05, 0) is 18.6 Å². The number of sulfonamides is 1. The summed E-state index contributed by atoms with van der Waals surface area (Å²) < 4.78 is 48.9. The summed E-state index contributed by atoms with van der Waals surface area (Å²) in [5.41, 5.74) is 0.257. The first kappa shape index (κ1) is 16.0. The van der Waals surface area contributed by atoms with Gasteiger partial charge in [-0.3, -0.25) is 0 Å². The van der Waals surface area contributed by atoms with Crippen LogP contribution in [0.5, 0.6) is 0 Å². The Morgan fingerprint density at radius 3 is 2.53 bits per heavy atom. The van der Waals surface area contributed by atoms with Gasteiger partial charge in [0.05, 0.1) is 0 Å². The lowest BCUT2D eigenvalue weighted by atomic mass is 10.3. The zero-order valence-corrected chi connectivity index (χ0v) is 11.3. The Bertz CT molecular complexity index is 569. The number of alkyl halides is 2. The maximum atomic E-state index is 12.0. The fourth-order valence-corrected chi connectivity index (χ4v) is 3.63. The van der Waals surface area contributed by atoms with Gasteiger partial charge in [0.15, 0.2) is 0 Å². The van der Waals surface area contributed by atoms with Crippen LogP contribution < -0.4 is 4.72 Å². The largest absolute Gasteiger partial charge is 0.477 e. The standard InChI is InChI=1S/C9H11F2NO5S2/c1-4-2-6(18-7(4)9(14)15)19(16,17)12-3-5(13)8(10)11/h2,5,8,12-13H,3H2,1H3,(H,14,15). The topological polar surface area (TPSA) is 104 Å². The van der Waals surface area contributed by atoms with Crippen molar-refractivity contribution < 1.29 is 32.2 Å². The lowest BCUT2D eigenvalue weighted by Gasteiger charge is -2.10. The number of halogens is 2. The molecule has 1 rings (SSSR count). The zero-order valence-electron chi connectivity index (χ0n) is 9.63. The highest BCUT2D eigenvalue weighted by Crippen LogP contribution is 2.25. The molecule has 0 spiro atoms. The van der Waals surface area contributed by atoms with Crippen LogP contribution in [0.4, 0.5) is 8.78 Å². The van der Waals surface area contributed by atoms with Gasteiger partial charge in [0.25, 0.3) is 6.43 Å². The molecule has 0 bridgehead atoms. The number of carbonyl (C=O) groups is 1. The van der Waals surface area contributed by atoms with Gasteiger partial charge in [0.2, 0.25) is 10.0 Å². The molecule has 0 saturated carbocycles. The van der Waals surface area contributed by atoms with E-state index in [4.69, 9.17) is 10.2 Å². The highest BCUT2D eigenvalue weighted by molar-refractivity contribution is 7.91. The molecule has 1 atom stereocenters. The number of aliphatic hydroxyl groups excluding tert-OH is 1. The van der Waals surface area contributed by atoms with Crippen LogP contribution in [-0.4, -0.2) is 43.7 Å². The summed E-state index contributed by atoms with van der Waals surface area (Å²) in [6.45, 7) is 0.576. The Kier molecular flexibility index (Phi) is 4.96. The molecule has 1 aromatic heterocycles. The average Bonchev–Trinajstić information content (AvgIpc) is 2.69. The molecule has 108 valence electrons. The third-order valence-electron chi connectivity index (χ3n) is 2.13. The van der Waals surface area contributed by atoms with Crippen LogP contribution >= 0.6 is 11.3 Å². The minimum atomic E-state index is -4.11. The van der Waals surface area contributed by atoms with E-state index in [-0.39, 0.29) is 14.6 Å². The van der Waals surface area contributed by atoms with Crippen molar-refractivity contribution in [3.63, 3.8) is 0 Å². The van der Waals surface area contributed by atoms with Gasteiger partial charge in [0.1, 0.15) is 15.2 Å². The number of hydrogen-bond donors (Lipinski definition) is 3. The van der Waals surface area contributed by atoms with Crippen molar-refractivity contribution in [2.45, 2.75) is 23.7 Å². The highest BCUT2D eigenvalue weighted by Gasteiger charge is 2.24. The molecular formula is C9H11F2NO5S2. The zero-order chi connectivity index (χ0) is 14.8. The van der Waals surface area contributed by atoms with E-state index < -0.39 is 35.1 Å². The Morgan fingerprint density at radius 1 is 1.53 bits per heavy atom. The van der Waals surface area contributed by atoms with Gasteiger partial charge in [-0.1, -0.05) is 0 Å². The Morgan fingerprint density at radius 2 is 2.11 bits per heavy atom. The van der Waals surface area contributed by atoms with Crippen molar-refractivity contribution in [3.05, 3.63) is 16.5 Å². The summed E-state index contributed by atoms with van der Waals surface area (Å²) in [7, 11) is -4.11. The minimum absolute atomic E-state index is 0.144. The number of hydrogen-bond acceptors (Lipinski definition) is 5. The first-order chi connectivity index (χ1) is 8.65. The third kappa shape index (κ3) is 3.93. The van der Waals surface area contributed by atoms with Gasteiger partial charge < -0.3 is 10.2 Å². The van der Waals surface area contributed by atoms with Gasteiger partial charge >= 0.3 is 5.97 Å². The monoisotopic (exact) mass is 315 g/mol. The van der Waals surface area contributed by atoms with Crippen LogP contribution in [0.15, 0.2) is 10.3 Å². The number of nitrogens with one attached hydrogen (secondary N) is 1. The van der Waals surface area contributed by atoms with Crippen LogP contribution in [0.3, 0.4) is 0 Å². The predicted molar refractivity (Wildman–Crippen MR) is 63.2 cm³/mol. The maximum Gasteiger partial charge on any atom is 0.346 e. The van der Waals surface area contributed by atoms with Crippen LogP contribution in [0, 0.1) is 6.92 Å². The van der Waals surface area contributed by atoms with E-state index >= 15 is 0 Å². The van der Waals surface area contributed by atoms with Gasteiger partial charge in [-0.15, -0.1) is 11.3 Å². The third-order valence-corrected chi connectivity index (χ3v) is 5.25. The Balaban J connectivity index is 2.89. The summed E-state index contributed by atoms with van der Waals surface area (Å²) in [4.78, 5) is 10.6. The van der Waals surface area contributed by atoms with E-state index in [1.807, 2.05) is 0 Å². The van der Waals surface area contributed by atoms with Crippen molar-refractivity contribution in [3.8, 4) is 0 Å². The first-order valence-electron chi connectivity index (χ1n) is 4.94. The van der Waals surface area contributed by atoms with Crippen molar-refractivity contribution >= 4 is 27.3 Å². The molecule has 1 heterocycles. The summed E-state index contributed by atoms with van der Waals surface area (Å²) in [6.07, 6.45) is -5.18. The predicted octanol–water partition coefficient (Wildman–Crippen LogP) is 0.659. The quantitative estimate of drug-likeness (QED) is 0.715. The Labute approximate surface area is 111 Å². The summed E-state index contributed by atoms with van der Waals surface area (Å²) in [5, 5.41) is 17.6. The van der Waals surface area contributed by atoms with Crippen molar-refractivity contribution in [2.24, 2.45) is 0 Å². The van der Waals surface area contributed by atoms with Gasteiger partial charge in [0, 0.05) is 6.54 Å². The molecule has 0 aromatic carbocycles. The number of aliphatic hydroxyl groups is 1. The summed E-state index contributed by atoms with van der Waals surface area (Å²) in [6, 6.07) is 1.13. The number of carboxylic acid groups (broad SMARTS) is 1. The molecule has 0 aliphatic rings. The second-order valence-corrected chi connectivity index (χ2v) is 6.68. The van der Waals surface area contributed by atoms with E-state index in [0.29, 0.717) is 11.3 Å². The molecule has 3 N–H and O–H groups in total. The first-order valence-corrected chi connectivity index (χ1v) is 7.24. The average molecular weight is 315 g/mol. The van der Waals surface area contributed by atoms with Crippen molar-refractivity contribution in [2.75, 3.05) is 6.54 Å². The molecule has 0 amide bonds. The molecule has 0 radical (unpaired) electrons. The van der Waals surface area contributed by atoms with E-state index in [2.05, 4.69) is 0 Å². The molecular weight excluding hydrogens is 304 g/mol. The second kappa shape index (κ2) is 5.90. The molecule has 1 unspecified atom stereocenters. The van der Waals surface area contributed by atoms with E-state index in [0.717, 1.165) is 6.07 Å². The van der Waals surface area contributed by atoms with Crippen LogP contribution in [0.1, 0.15) is 15.2 Å². The van der Waals surface area contributed by atoms with Gasteiger partial charge in [-0.25, -0.2) is 26.7 Å². The molecule has 10 heteroatoms. The van der Waals surface area contributed by atoms with Crippen molar-refractivity contribution in [1.82, 2.24) is 4.72 Å². The minimum Gasteiger partial charge on any atom is -0.477 e. The summed E-state index contributed by atoms with van der Waals surface area (Å²) >= 11 is 0.515. The second-order valence-electron chi connectivity index (χ2n) is 3.64. The molecule has 0 aliphatic carbocycles. The number of carboxylic acids is 1. The normalized spacial score (nSPS) is 13.7. The van der Waals surface area contributed by atoms with Crippen LogP contribution in [0.2, 0.25) is 0 Å². The number of aromatic carboxylic acids is 1.